The van der Waals surface area contributed by atoms with Crippen molar-refractivity contribution in [1.82, 2.24) is 5.32 Å². The summed E-state index contributed by atoms with van der Waals surface area (Å²) >= 11 is 0. The number of rotatable bonds is 4. The summed E-state index contributed by atoms with van der Waals surface area (Å²) in [5.41, 5.74) is 6.55. The summed E-state index contributed by atoms with van der Waals surface area (Å²) in [6.07, 6.45) is 0.689. The van der Waals surface area contributed by atoms with Gasteiger partial charge >= 0.3 is 0 Å². The van der Waals surface area contributed by atoms with Crippen LogP contribution in [0.1, 0.15) is 23.7 Å². The molecule has 1 rings (SSSR count). The van der Waals surface area contributed by atoms with Gasteiger partial charge in [-0.25, -0.2) is 0 Å². The number of nitrogens with one attached hydrogen (secondary N) is 1. The molecule has 4 nitrogen and oxygen atoms in total. The van der Waals surface area contributed by atoms with Crippen molar-refractivity contribution >= 4 is 11.6 Å². The van der Waals surface area contributed by atoms with Crippen LogP contribution in [0, 0.1) is 0 Å². The highest BCUT2D eigenvalue weighted by molar-refractivity contribution is 5.99. The molecule has 0 aliphatic heterocycles. The lowest BCUT2D eigenvalue weighted by Crippen LogP contribution is -2.37. The van der Waals surface area contributed by atoms with Crippen molar-refractivity contribution in [3.8, 4) is 0 Å². The number of hydrogen-bond acceptors (Lipinski definition) is 3. The first-order valence-electron chi connectivity index (χ1n) is 4.95. The molecule has 4 heteroatoms. The zero-order valence-corrected chi connectivity index (χ0v) is 8.73. The van der Waals surface area contributed by atoms with Crippen LogP contribution in [-0.4, -0.2) is 23.7 Å². The van der Waals surface area contributed by atoms with Gasteiger partial charge in [-0.05, 0) is 18.6 Å². The minimum absolute atomic E-state index is 0.0605. The predicted molar refractivity (Wildman–Crippen MR) is 59.5 cm³/mol. The molecule has 1 amide bonds. The Morgan fingerprint density at radius 1 is 1.53 bits per heavy atom. The summed E-state index contributed by atoms with van der Waals surface area (Å²) < 4.78 is 0. The van der Waals surface area contributed by atoms with Crippen LogP contribution >= 0.6 is 0 Å². The van der Waals surface area contributed by atoms with Crippen molar-refractivity contribution in [1.29, 1.82) is 0 Å². The van der Waals surface area contributed by atoms with E-state index in [1.54, 1.807) is 24.3 Å². The van der Waals surface area contributed by atoms with E-state index in [0.717, 1.165) is 0 Å². The Hall–Kier alpha value is -1.55. The largest absolute Gasteiger partial charge is 0.398 e. The molecule has 1 atom stereocenters. The van der Waals surface area contributed by atoms with Crippen molar-refractivity contribution in [3.63, 3.8) is 0 Å². The van der Waals surface area contributed by atoms with Gasteiger partial charge in [0.15, 0.2) is 0 Å². The molecule has 0 aromatic heterocycles. The van der Waals surface area contributed by atoms with E-state index in [2.05, 4.69) is 5.32 Å². The van der Waals surface area contributed by atoms with Gasteiger partial charge in [-0.15, -0.1) is 0 Å². The SMILES string of the molecule is CC[C@H](CO)NC(=O)c1ccccc1N. The van der Waals surface area contributed by atoms with Crippen LogP contribution in [0.15, 0.2) is 24.3 Å². The first-order chi connectivity index (χ1) is 7.19. The molecule has 0 aliphatic carbocycles. The zero-order valence-electron chi connectivity index (χ0n) is 8.73. The van der Waals surface area contributed by atoms with Crippen LogP contribution in [0.5, 0.6) is 0 Å². The minimum Gasteiger partial charge on any atom is -0.398 e. The van der Waals surface area contributed by atoms with Crippen LogP contribution in [-0.2, 0) is 0 Å². The molecule has 4 N–H and O–H groups in total. The number of hydrogen-bond donors (Lipinski definition) is 3. The summed E-state index contributed by atoms with van der Waals surface area (Å²) in [6.45, 7) is 1.84. The quantitative estimate of drug-likeness (QED) is 0.640. The lowest BCUT2D eigenvalue weighted by atomic mass is 10.1. The molecule has 82 valence electrons. The number of para-hydroxylation sites is 1. The Morgan fingerprint density at radius 3 is 2.73 bits per heavy atom. The van der Waals surface area contributed by atoms with E-state index in [-0.39, 0.29) is 18.6 Å². The molecule has 1 aromatic carbocycles. The van der Waals surface area contributed by atoms with Gasteiger partial charge in [-0.1, -0.05) is 19.1 Å². The normalized spacial score (nSPS) is 12.1. The third-order valence-corrected chi connectivity index (χ3v) is 2.25. The maximum Gasteiger partial charge on any atom is 0.253 e. The highest BCUT2D eigenvalue weighted by Gasteiger charge is 2.12. The molecular weight excluding hydrogens is 192 g/mol. The van der Waals surface area contributed by atoms with Crippen molar-refractivity contribution in [3.05, 3.63) is 29.8 Å². The Bertz CT molecular complexity index is 335. The van der Waals surface area contributed by atoms with Gasteiger partial charge < -0.3 is 16.2 Å². The van der Waals surface area contributed by atoms with Gasteiger partial charge in [-0.2, -0.15) is 0 Å². The topological polar surface area (TPSA) is 75.3 Å². The number of nitrogens with two attached hydrogens (primary N) is 1. The second-order valence-corrected chi connectivity index (χ2v) is 3.35. The monoisotopic (exact) mass is 208 g/mol. The number of aliphatic hydroxyl groups excluding tert-OH is 1. The average Bonchev–Trinajstić information content (AvgIpc) is 2.26. The summed E-state index contributed by atoms with van der Waals surface area (Å²) in [4.78, 5) is 11.7. The molecule has 1 aromatic rings. The molecule has 0 radical (unpaired) electrons. The number of benzene rings is 1. The molecule has 0 unspecified atom stereocenters. The molecule has 0 spiro atoms. The van der Waals surface area contributed by atoms with Crippen molar-refractivity contribution in [2.24, 2.45) is 0 Å². The number of carbonyl (C=O) groups is 1. The van der Waals surface area contributed by atoms with E-state index < -0.39 is 0 Å². The maximum atomic E-state index is 11.7. The third kappa shape index (κ3) is 2.95. The number of aliphatic hydroxyl groups is 1. The first kappa shape index (κ1) is 11.5. The van der Waals surface area contributed by atoms with Gasteiger partial charge in [0.05, 0.1) is 18.2 Å². The smallest absolute Gasteiger partial charge is 0.253 e. The summed E-state index contributed by atoms with van der Waals surface area (Å²) in [6, 6.07) is 6.65. The highest BCUT2D eigenvalue weighted by Crippen LogP contribution is 2.10. The second kappa shape index (κ2) is 5.36. The maximum absolute atomic E-state index is 11.7. The number of nitrogen functional groups attached to an aromatic ring is 1. The third-order valence-electron chi connectivity index (χ3n) is 2.25. The Labute approximate surface area is 89.1 Å². The Morgan fingerprint density at radius 2 is 2.20 bits per heavy atom. The number of amides is 1. The summed E-state index contributed by atoms with van der Waals surface area (Å²) in [5, 5.41) is 11.6. The lowest BCUT2D eigenvalue weighted by Gasteiger charge is -2.14. The Balaban J connectivity index is 2.73. The first-order valence-corrected chi connectivity index (χ1v) is 4.95. The van der Waals surface area contributed by atoms with Crippen LogP contribution in [0.25, 0.3) is 0 Å². The van der Waals surface area contributed by atoms with E-state index in [0.29, 0.717) is 17.7 Å². The number of carbonyl (C=O) groups excluding carboxylic acids is 1. The highest BCUT2D eigenvalue weighted by atomic mass is 16.3. The van der Waals surface area contributed by atoms with Gasteiger partial charge in [0.2, 0.25) is 0 Å². The fourth-order valence-corrected chi connectivity index (χ4v) is 1.24. The van der Waals surface area contributed by atoms with E-state index >= 15 is 0 Å². The number of anilines is 1. The second-order valence-electron chi connectivity index (χ2n) is 3.35. The van der Waals surface area contributed by atoms with E-state index in [1.165, 1.54) is 0 Å². The van der Waals surface area contributed by atoms with E-state index in [4.69, 9.17) is 10.8 Å². The molecule has 0 bridgehead atoms. The van der Waals surface area contributed by atoms with Crippen molar-refractivity contribution in [2.75, 3.05) is 12.3 Å². The molecule has 0 fully saturated rings. The van der Waals surface area contributed by atoms with Crippen LogP contribution < -0.4 is 11.1 Å². The van der Waals surface area contributed by atoms with Gasteiger partial charge in [0, 0.05) is 5.69 Å². The Kier molecular flexibility index (Phi) is 4.12. The standard InChI is InChI=1S/C11H16N2O2/c1-2-8(7-14)13-11(15)9-5-3-4-6-10(9)12/h3-6,8,14H,2,7,12H2,1H3,(H,13,15)/t8-/m1/s1. The molecule has 0 heterocycles. The van der Waals surface area contributed by atoms with Gasteiger partial charge in [0.1, 0.15) is 0 Å². The zero-order chi connectivity index (χ0) is 11.3. The van der Waals surface area contributed by atoms with E-state index in [9.17, 15) is 4.79 Å². The molecule has 0 saturated carbocycles. The fraction of sp³-hybridized carbons (Fsp3) is 0.364. The van der Waals surface area contributed by atoms with Crippen molar-refractivity contribution < 1.29 is 9.90 Å². The molecule has 15 heavy (non-hydrogen) atoms. The predicted octanol–water partition coefficient (Wildman–Crippen LogP) is 0.770. The summed E-state index contributed by atoms with van der Waals surface area (Å²) in [5.74, 6) is -0.242. The van der Waals surface area contributed by atoms with Crippen LogP contribution in [0.2, 0.25) is 0 Å². The summed E-state index contributed by atoms with van der Waals surface area (Å²) in [7, 11) is 0. The molecule has 0 aliphatic rings. The van der Waals surface area contributed by atoms with Crippen LogP contribution in [0.4, 0.5) is 5.69 Å². The van der Waals surface area contributed by atoms with Crippen LogP contribution in [0.3, 0.4) is 0 Å². The van der Waals surface area contributed by atoms with Crippen molar-refractivity contribution in [2.45, 2.75) is 19.4 Å². The van der Waals surface area contributed by atoms with E-state index in [1.807, 2.05) is 6.92 Å². The van der Waals surface area contributed by atoms with Gasteiger partial charge in [-0.3, -0.25) is 4.79 Å². The molecular formula is C11H16N2O2. The molecule has 0 saturated heterocycles. The fourth-order valence-electron chi connectivity index (χ4n) is 1.24. The lowest BCUT2D eigenvalue weighted by molar-refractivity contribution is 0.0916. The average molecular weight is 208 g/mol. The van der Waals surface area contributed by atoms with Gasteiger partial charge in [0.25, 0.3) is 5.91 Å². The minimum atomic E-state index is -0.242.